The molecule has 0 radical (unpaired) electrons. The van der Waals surface area contributed by atoms with Crippen molar-refractivity contribution in [3.63, 3.8) is 0 Å². The van der Waals surface area contributed by atoms with Crippen molar-refractivity contribution in [2.45, 2.75) is 25.4 Å². The van der Waals surface area contributed by atoms with E-state index in [0.717, 1.165) is 6.21 Å². The molecule has 0 spiro atoms. The van der Waals surface area contributed by atoms with Crippen LogP contribution in [0.15, 0.2) is 5.16 Å². The topological polar surface area (TPSA) is 76.6 Å². The van der Waals surface area contributed by atoms with E-state index >= 15 is 0 Å². The minimum atomic E-state index is -1.07. The Morgan fingerprint density at radius 1 is 1.80 bits per heavy atom. The van der Waals surface area contributed by atoms with Crippen LogP contribution in [0.2, 0.25) is 0 Å². The fourth-order valence-electron chi connectivity index (χ4n) is 0.480. The minimum Gasteiger partial charge on any atom is -0.411 e. The lowest BCUT2D eigenvalue weighted by molar-refractivity contribution is 0.0733. The Kier molecular flexibility index (Phi) is 3.44. The summed E-state index contributed by atoms with van der Waals surface area (Å²) in [6.45, 7) is 1.51. The first kappa shape index (κ1) is 8.92. The maximum absolute atomic E-state index is 9.22. The van der Waals surface area contributed by atoms with Crippen molar-refractivity contribution < 1.29 is 10.3 Å². The molecule has 0 heterocycles. The first-order valence-corrected chi connectivity index (χ1v) is 2.87. The van der Waals surface area contributed by atoms with Crippen LogP contribution in [-0.2, 0) is 0 Å². The van der Waals surface area contributed by atoms with Crippen LogP contribution in [0.25, 0.3) is 0 Å². The summed E-state index contributed by atoms with van der Waals surface area (Å²) in [5, 5.41) is 28.1. The van der Waals surface area contributed by atoms with Crippen molar-refractivity contribution in [1.82, 2.24) is 0 Å². The smallest absolute Gasteiger partial charge is 0.0799 e. The van der Waals surface area contributed by atoms with Crippen LogP contribution in [0.1, 0.15) is 19.8 Å². The summed E-state index contributed by atoms with van der Waals surface area (Å²) in [4.78, 5) is 0. The Morgan fingerprint density at radius 3 is 2.80 bits per heavy atom. The molecule has 10 heavy (non-hydrogen) atoms. The number of oxime groups is 1. The minimum absolute atomic E-state index is 0.0407. The van der Waals surface area contributed by atoms with Crippen molar-refractivity contribution in [2.24, 2.45) is 5.16 Å². The first-order chi connectivity index (χ1) is 4.62. The molecular formula is C6H10N2O2. The van der Waals surface area contributed by atoms with Crippen LogP contribution >= 0.6 is 0 Å². The largest absolute Gasteiger partial charge is 0.411 e. The predicted octanol–water partition coefficient (Wildman–Crippen LogP) is 0.501. The Morgan fingerprint density at radius 2 is 2.40 bits per heavy atom. The molecule has 0 aromatic carbocycles. The van der Waals surface area contributed by atoms with Crippen molar-refractivity contribution in [2.75, 3.05) is 0 Å². The fourth-order valence-corrected chi connectivity index (χ4v) is 0.480. The molecule has 1 atom stereocenters. The highest BCUT2D eigenvalue weighted by atomic mass is 16.4. The third-order valence-corrected chi connectivity index (χ3v) is 1.07. The van der Waals surface area contributed by atoms with Crippen molar-refractivity contribution in [1.29, 1.82) is 5.26 Å². The van der Waals surface area contributed by atoms with E-state index in [1.807, 2.05) is 6.07 Å². The Labute approximate surface area is 59.4 Å². The highest BCUT2D eigenvalue weighted by Crippen LogP contribution is 2.10. The van der Waals surface area contributed by atoms with Gasteiger partial charge in [0.2, 0.25) is 0 Å². The maximum Gasteiger partial charge on any atom is 0.0799 e. The first-order valence-electron chi connectivity index (χ1n) is 2.87. The zero-order chi connectivity index (χ0) is 8.04. The molecule has 4 heteroatoms. The van der Waals surface area contributed by atoms with E-state index in [-0.39, 0.29) is 12.8 Å². The molecular weight excluding hydrogens is 132 g/mol. The number of nitrogens with zero attached hydrogens (tertiary/aromatic N) is 2. The zero-order valence-electron chi connectivity index (χ0n) is 5.78. The van der Waals surface area contributed by atoms with Gasteiger partial charge in [0.15, 0.2) is 0 Å². The standard InChI is InChI=1S/C6H10N2O2/c1-6(9,2-4-7)3-5-8-10/h5,9-10H,2-3H2,1H3/b8-5-/t6-/m0/s1. The maximum atomic E-state index is 9.22. The Hall–Kier alpha value is -1.08. The van der Waals surface area contributed by atoms with Gasteiger partial charge in [-0.3, -0.25) is 0 Å². The third-order valence-electron chi connectivity index (χ3n) is 1.07. The van der Waals surface area contributed by atoms with E-state index in [1.165, 1.54) is 6.92 Å². The van der Waals surface area contributed by atoms with E-state index in [0.29, 0.717) is 0 Å². The van der Waals surface area contributed by atoms with Crippen molar-refractivity contribution in [3.05, 3.63) is 0 Å². The molecule has 0 aromatic rings. The lowest BCUT2D eigenvalue weighted by Crippen LogP contribution is -2.23. The summed E-state index contributed by atoms with van der Waals surface area (Å²) in [5.74, 6) is 0. The second kappa shape index (κ2) is 3.85. The molecule has 0 aliphatic carbocycles. The molecule has 56 valence electrons. The third kappa shape index (κ3) is 3.87. The van der Waals surface area contributed by atoms with E-state index < -0.39 is 5.60 Å². The van der Waals surface area contributed by atoms with Gasteiger partial charge in [-0.1, -0.05) is 0 Å². The van der Waals surface area contributed by atoms with E-state index in [1.54, 1.807) is 0 Å². The van der Waals surface area contributed by atoms with Gasteiger partial charge in [0.05, 0.1) is 18.1 Å². The highest BCUT2D eigenvalue weighted by molar-refractivity contribution is 5.57. The van der Waals surface area contributed by atoms with Gasteiger partial charge in [0, 0.05) is 12.6 Å². The summed E-state index contributed by atoms with van der Waals surface area (Å²) in [6.07, 6.45) is 1.40. The van der Waals surface area contributed by atoms with Gasteiger partial charge < -0.3 is 10.3 Å². The second-order valence-electron chi connectivity index (χ2n) is 2.33. The second-order valence-corrected chi connectivity index (χ2v) is 2.33. The summed E-state index contributed by atoms with van der Waals surface area (Å²) in [6, 6.07) is 1.82. The van der Waals surface area contributed by atoms with E-state index in [2.05, 4.69) is 5.16 Å². The molecule has 0 bridgehead atoms. The average Bonchev–Trinajstić information content (AvgIpc) is 1.84. The SMILES string of the molecule is C[C@](O)(CC#N)C/C=N\O. The molecule has 0 fully saturated rings. The lowest BCUT2D eigenvalue weighted by Gasteiger charge is -2.15. The van der Waals surface area contributed by atoms with E-state index in [4.69, 9.17) is 10.5 Å². The summed E-state index contributed by atoms with van der Waals surface area (Å²) in [7, 11) is 0. The lowest BCUT2D eigenvalue weighted by atomic mass is 10.0. The summed E-state index contributed by atoms with van der Waals surface area (Å²) < 4.78 is 0. The number of aliphatic hydroxyl groups is 1. The van der Waals surface area contributed by atoms with Gasteiger partial charge in [0.25, 0.3) is 0 Å². The van der Waals surface area contributed by atoms with Crippen LogP contribution < -0.4 is 0 Å². The molecule has 4 nitrogen and oxygen atoms in total. The Balaban J connectivity index is 3.76. The quantitative estimate of drug-likeness (QED) is 0.342. The molecule has 0 saturated carbocycles. The predicted molar refractivity (Wildman–Crippen MR) is 35.7 cm³/mol. The van der Waals surface area contributed by atoms with E-state index in [9.17, 15) is 5.11 Å². The number of nitriles is 1. The molecule has 0 aliphatic heterocycles. The summed E-state index contributed by atoms with van der Waals surface area (Å²) >= 11 is 0. The van der Waals surface area contributed by atoms with Crippen molar-refractivity contribution in [3.8, 4) is 6.07 Å². The molecule has 0 aromatic heterocycles. The number of hydrogen-bond acceptors (Lipinski definition) is 4. The number of rotatable bonds is 3. The van der Waals surface area contributed by atoms with Gasteiger partial charge in [0.1, 0.15) is 0 Å². The molecule has 0 rings (SSSR count). The van der Waals surface area contributed by atoms with Gasteiger partial charge in [-0.15, -0.1) is 5.16 Å². The molecule has 0 aliphatic rings. The van der Waals surface area contributed by atoms with Crippen LogP contribution in [0.3, 0.4) is 0 Å². The average molecular weight is 142 g/mol. The van der Waals surface area contributed by atoms with Crippen molar-refractivity contribution >= 4 is 6.21 Å². The number of hydrogen-bond donors (Lipinski definition) is 2. The Bertz CT molecular complexity index is 158. The summed E-state index contributed by atoms with van der Waals surface area (Å²) in [5.41, 5.74) is -1.07. The van der Waals surface area contributed by atoms with Gasteiger partial charge in [-0.25, -0.2) is 0 Å². The van der Waals surface area contributed by atoms with Crippen LogP contribution in [-0.4, -0.2) is 22.1 Å². The molecule has 0 amide bonds. The van der Waals surface area contributed by atoms with Gasteiger partial charge >= 0.3 is 0 Å². The molecule has 0 saturated heterocycles. The normalized spacial score (nSPS) is 16.5. The fraction of sp³-hybridized carbons (Fsp3) is 0.667. The van der Waals surface area contributed by atoms with Gasteiger partial charge in [-0.2, -0.15) is 5.26 Å². The van der Waals surface area contributed by atoms with Crippen LogP contribution in [0, 0.1) is 11.3 Å². The monoisotopic (exact) mass is 142 g/mol. The molecule has 2 N–H and O–H groups in total. The van der Waals surface area contributed by atoms with Crippen LogP contribution in [0.5, 0.6) is 0 Å². The van der Waals surface area contributed by atoms with Gasteiger partial charge in [-0.05, 0) is 6.92 Å². The highest BCUT2D eigenvalue weighted by Gasteiger charge is 2.17. The van der Waals surface area contributed by atoms with Crippen LogP contribution in [0.4, 0.5) is 0 Å². The zero-order valence-corrected chi connectivity index (χ0v) is 5.78. The molecule has 0 unspecified atom stereocenters.